The van der Waals surface area contributed by atoms with Gasteiger partial charge in [-0.1, -0.05) is 26.0 Å². The monoisotopic (exact) mass is 515 g/mol. The molecule has 0 bridgehead atoms. The first-order valence-electron chi connectivity index (χ1n) is 11.7. The van der Waals surface area contributed by atoms with Crippen LogP contribution in [0.25, 0.3) is 22.2 Å². The van der Waals surface area contributed by atoms with E-state index in [0.29, 0.717) is 24.5 Å². The molecule has 0 unspecified atom stereocenters. The molecule has 0 aliphatic rings. The lowest BCUT2D eigenvalue weighted by Crippen LogP contribution is -2.32. The van der Waals surface area contributed by atoms with Gasteiger partial charge in [0.15, 0.2) is 0 Å². The lowest BCUT2D eigenvalue weighted by Gasteiger charge is -2.26. The number of aromatic nitrogens is 1. The molecule has 3 aromatic rings. The predicted molar refractivity (Wildman–Crippen MR) is 145 cm³/mol. The topological polar surface area (TPSA) is 78.6 Å². The van der Waals surface area contributed by atoms with Gasteiger partial charge in [-0.25, -0.2) is 9.78 Å². The number of thioether (sulfide) groups is 2. The third-order valence-corrected chi connectivity index (χ3v) is 8.13. The lowest BCUT2D eigenvalue weighted by molar-refractivity contribution is -0.155. The number of carbonyl (C=O) groups is 1. The summed E-state index contributed by atoms with van der Waals surface area (Å²) in [5.74, 6) is 4.63. The van der Waals surface area contributed by atoms with Crippen LogP contribution in [0, 0.1) is 11.3 Å². The quantitative estimate of drug-likeness (QED) is 0.205. The molecule has 0 saturated heterocycles. The first-order valence-corrected chi connectivity index (χ1v) is 14.0. The molecule has 2 heterocycles. The van der Waals surface area contributed by atoms with Crippen molar-refractivity contribution in [1.29, 1.82) is 0 Å². The minimum absolute atomic E-state index is 0.120. The highest BCUT2D eigenvalue weighted by Gasteiger charge is 2.32. The van der Waals surface area contributed by atoms with Crippen molar-refractivity contribution in [1.82, 2.24) is 4.98 Å². The molecule has 0 aliphatic carbocycles. The Bertz CT molecular complexity index is 1160. The second-order valence-electron chi connectivity index (χ2n) is 8.96. The van der Waals surface area contributed by atoms with Crippen molar-refractivity contribution >= 4 is 40.6 Å². The first kappa shape index (κ1) is 27.1. The number of fused-ring (bicyclic) bond motifs is 1. The van der Waals surface area contributed by atoms with E-state index < -0.39 is 11.0 Å². The van der Waals surface area contributed by atoms with Crippen LogP contribution < -0.4 is 10.4 Å². The molecule has 8 heteroatoms. The maximum atomic E-state index is 12.3. The van der Waals surface area contributed by atoms with Gasteiger partial charge in [-0.2, -0.15) is 23.5 Å². The Kier molecular flexibility index (Phi) is 10.1. The summed E-state index contributed by atoms with van der Waals surface area (Å²) < 4.78 is 16.6. The highest BCUT2D eigenvalue weighted by Crippen LogP contribution is 2.27. The van der Waals surface area contributed by atoms with E-state index in [4.69, 9.17) is 13.9 Å². The van der Waals surface area contributed by atoms with Crippen LogP contribution in [-0.4, -0.2) is 47.2 Å². The van der Waals surface area contributed by atoms with Crippen molar-refractivity contribution < 1.29 is 18.7 Å². The maximum absolute atomic E-state index is 12.3. The number of hydrogen-bond acceptors (Lipinski definition) is 8. The fraction of sp³-hybridized carbons (Fsp3) is 0.444. The average Bonchev–Trinajstić information content (AvgIpc) is 2.85. The van der Waals surface area contributed by atoms with Crippen LogP contribution in [0.15, 0.2) is 57.9 Å². The van der Waals surface area contributed by atoms with E-state index in [1.165, 1.54) is 0 Å². The standard InChI is InChI=1S/C27H33NO5S2/c1-19(2)27(3,4)26(30)32-13-15-35-17-16-34-14-12-31-22-9-7-20(8-10-22)23-18-21-6-5-11-28-24(21)33-25(23)29/h5-11,18-19H,12-17H2,1-4H3. The van der Waals surface area contributed by atoms with Crippen LogP contribution in [0.2, 0.25) is 0 Å². The SMILES string of the molecule is CC(C)C(C)(C)C(=O)OCCSCCSCCOc1ccc(-c2cc3cccnc3oc2=O)cc1. The van der Waals surface area contributed by atoms with Gasteiger partial charge in [0.25, 0.3) is 0 Å². The number of nitrogens with zero attached hydrogens (tertiary/aromatic N) is 1. The lowest BCUT2D eigenvalue weighted by atomic mass is 9.81. The summed E-state index contributed by atoms with van der Waals surface area (Å²) in [5.41, 5.74) is 0.775. The summed E-state index contributed by atoms with van der Waals surface area (Å²) in [6.45, 7) is 9.01. The van der Waals surface area contributed by atoms with Crippen molar-refractivity contribution in [3.63, 3.8) is 0 Å². The number of benzene rings is 1. The number of ether oxygens (including phenoxy) is 2. The van der Waals surface area contributed by atoms with Crippen LogP contribution in [0.5, 0.6) is 5.75 Å². The summed E-state index contributed by atoms with van der Waals surface area (Å²) in [6.07, 6.45) is 1.60. The van der Waals surface area contributed by atoms with Crippen molar-refractivity contribution in [2.24, 2.45) is 11.3 Å². The molecule has 0 spiro atoms. The molecule has 1 aromatic carbocycles. The molecule has 0 radical (unpaired) electrons. The van der Waals surface area contributed by atoms with Crippen LogP contribution >= 0.6 is 23.5 Å². The van der Waals surface area contributed by atoms with Gasteiger partial charge in [0.2, 0.25) is 5.71 Å². The second kappa shape index (κ2) is 13.0. The Morgan fingerprint density at radius 1 is 1.03 bits per heavy atom. The largest absolute Gasteiger partial charge is 0.493 e. The number of rotatable bonds is 13. The Balaban J connectivity index is 1.30. The number of pyridine rings is 1. The summed E-state index contributed by atoms with van der Waals surface area (Å²) in [7, 11) is 0. The van der Waals surface area contributed by atoms with Gasteiger partial charge in [-0.15, -0.1) is 0 Å². The van der Waals surface area contributed by atoms with E-state index in [0.717, 1.165) is 39.7 Å². The maximum Gasteiger partial charge on any atom is 0.345 e. The molecule has 35 heavy (non-hydrogen) atoms. The molecule has 0 amide bonds. The normalized spacial score (nSPS) is 11.7. The fourth-order valence-electron chi connectivity index (χ4n) is 3.04. The van der Waals surface area contributed by atoms with Gasteiger partial charge in [0.1, 0.15) is 12.4 Å². The minimum Gasteiger partial charge on any atom is -0.493 e. The third kappa shape index (κ3) is 7.77. The Hall–Kier alpha value is -2.45. The first-order chi connectivity index (χ1) is 16.8. The summed E-state index contributed by atoms with van der Waals surface area (Å²) in [5, 5.41) is 0.786. The zero-order chi connectivity index (χ0) is 25.3. The van der Waals surface area contributed by atoms with Crippen LogP contribution in [-0.2, 0) is 9.53 Å². The smallest absolute Gasteiger partial charge is 0.345 e. The van der Waals surface area contributed by atoms with Gasteiger partial charge >= 0.3 is 11.6 Å². The minimum atomic E-state index is -0.441. The molecule has 3 rings (SSSR count). The Morgan fingerprint density at radius 3 is 2.40 bits per heavy atom. The van der Waals surface area contributed by atoms with Crippen molar-refractivity contribution in [2.75, 3.05) is 36.2 Å². The van der Waals surface area contributed by atoms with Gasteiger partial charge in [-0.05, 0) is 55.7 Å². The third-order valence-electron chi connectivity index (χ3n) is 5.97. The molecular weight excluding hydrogens is 482 g/mol. The number of hydrogen-bond donors (Lipinski definition) is 0. The van der Waals surface area contributed by atoms with Crippen molar-refractivity contribution in [3.8, 4) is 16.9 Å². The Morgan fingerprint density at radius 2 is 1.71 bits per heavy atom. The molecule has 2 aromatic heterocycles. The zero-order valence-corrected chi connectivity index (χ0v) is 22.4. The van der Waals surface area contributed by atoms with Crippen molar-refractivity contribution in [3.05, 3.63) is 59.1 Å². The molecule has 0 atom stereocenters. The average molecular weight is 516 g/mol. The van der Waals surface area contributed by atoms with Gasteiger partial charge in [0.05, 0.1) is 17.6 Å². The molecule has 0 fully saturated rings. The summed E-state index contributed by atoms with van der Waals surface area (Å²) in [6, 6.07) is 12.9. The zero-order valence-electron chi connectivity index (χ0n) is 20.7. The van der Waals surface area contributed by atoms with E-state index >= 15 is 0 Å². The molecule has 0 aliphatic heterocycles. The van der Waals surface area contributed by atoms with E-state index in [1.54, 1.807) is 24.0 Å². The van der Waals surface area contributed by atoms with E-state index in [2.05, 4.69) is 4.98 Å². The molecular formula is C27H33NO5S2. The Labute approximate surface area is 215 Å². The van der Waals surface area contributed by atoms with E-state index in [9.17, 15) is 9.59 Å². The molecule has 188 valence electrons. The number of esters is 1. The van der Waals surface area contributed by atoms with Crippen LogP contribution in [0.1, 0.15) is 27.7 Å². The van der Waals surface area contributed by atoms with Gasteiger partial charge < -0.3 is 13.9 Å². The second-order valence-corrected chi connectivity index (χ2v) is 11.4. The van der Waals surface area contributed by atoms with Gasteiger partial charge in [0, 0.05) is 34.6 Å². The summed E-state index contributed by atoms with van der Waals surface area (Å²) in [4.78, 5) is 28.5. The predicted octanol–water partition coefficient (Wildman–Crippen LogP) is 5.93. The molecule has 6 nitrogen and oxygen atoms in total. The number of carbonyl (C=O) groups excluding carboxylic acids is 1. The molecule has 0 saturated carbocycles. The molecule has 0 N–H and O–H groups in total. The summed E-state index contributed by atoms with van der Waals surface area (Å²) >= 11 is 3.63. The van der Waals surface area contributed by atoms with Crippen LogP contribution in [0.3, 0.4) is 0 Å². The highest BCUT2D eigenvalue weighted by atomic mass is 32.2. The van der Waals surface area contributed by atoms with Crippen LogP contribution in [0.4, 0.5) is 0 Å². The highest BCUT2D eigenvalue weighted by molar-refractivity contribution is 8.02. The van der Waals surface area contributed by atoms with E-state index in [-0.39, 0.29) is 11.9 Å². The van der Waals surface area contributed by atoms with E-state index in [1.807, 2.05) is 75.9 Å². The van der Waals surface area contributed by atoms with Gasteiger partial charge in [-0.3, -0.25) is 4.79 Å². The van der Waals surface area contributed by atoms with Crippen molar-refractivity contribution in [2.45, 2.75) is 27.7 Å². The fourth-order valence-corrected chi connectivity index (χ4v) is 4.80.